The zero-order chi connectivity index (χ0) is 21.4. The first-order chi connectivity index (χ1) is 13.8. The Morgan fingerprint density at radius 3 is 2.34 bits per heavy atom. The number of nitro groups is 1. The second kappa shape index (κ2) is 10.5. The SMILES string of the molecule is CCOC(=O)C[C@H](c1ccc([N+](=O)[O-])cc1)[C@@H](NC(=O)C1CCCCC1)C(N)=O. The number of nitro benzene ring substituents is 1. The quantitative estimate of drug-likeness (QED) is 0.366. The largest absolute Gasteiger partial charge is 0.466 e. The maximum atomic E-state index is 12.7. The number of ether oxygens (including phenoxy) is 1. The van der Waals surface area contributed by atoms with Gasteiger partial charge in [0, 0.05) is 24.0 Å². The molecular formula is C20H27N3O6. The van der Waals surface area contributed by atoms with Crippen LogP contribution in [0, 0.1) is 16.0 Å². The van der Waals surface area contributed by atoms with Crippen molar-refractivity contribution in [1.29, 1.82) is 0 Å². The number of primary amides is 1. The van der Waals surface area contributed by atoms with Crippen LogP contribution in [0.3, 0.4) is 0 Å². The average molecular weight is 405 g/mol. The molecule has 2 amide bonds. The Bertz CT molecular complexity index is 743. The van der Waals surface area contributed by atoms with Gasteiger partial charge in [-0.3, -0.25) is 24.5 Å². The molecule has 1 aliphatic carbocycles. The van der Waals surface area contributed by atoms with Gasteiger partial charge in [-0.05, 0) is 25.3 Å². The van der Waals surface area contributed by atoms with Crippen molar-refractivity contribution in [1.82, 2.24) is 5.32 Å². The number of hydrogen-bond acceptors (Lipinski definition) is 6. The number of carbonyl (C=O) groups excluding carboxylic acids is 3. The normalized spacial score (nSPS) is 16.4. The second-order valence-electron chi connectivity index (χ2n) is 7.19. The number of nitrogens with one attached hydrogen (secondary N) is 1. The summed E-state index contributed by atoms with van der Waals surface area (Å²) >= 11 is 0. The fourth-order valence-electron chi connectivity index (χ4n) is 3.68. The summed E-state index contributed by atoms with van der Waals surface area (Å²) in [7, 11) is 0. The van der Waals surface area contributed by atoms with Gasteiger partial charge in [-0.1, -0.05) is 31.4 Å². The van der Waals surface area contributed by atoms with Crippen LogP contribution in [0.15, 0.2) is 24.3 Å². The summed E-state index contributed by atoms with van der Waals surface area (Å²) in [5, 5.41) is 13.6. The monoisotopic (exact) mass is 405 g/mol. The number of amides is 2. The predicted octanol–water partition coefficient (Wildman–Crippen LogP) is 2.18. The summed E-state index contributed by atoms with van der Waals surface area (Å²) in [4.78, 5) is 47.4. The van der Waals surface area contributed by atoms with Crippen LogP contribution in [0.2, 0.25) is 0 Å². The maximum absolute atomic E-state index is 12.7. The predicted molar refractivity (Wildman–Crippen MR) is 105 cm³/mol. The Balaban J connectivity index is 2.28. The van der Waals surface area contributed by atoms with E-state index in [9.17, 15) is 24.5 Å². The Morgan fingerprint density at radius 2 is 1.83 bits per heavy atom. The third kappa shape index (κ3) is 6.27. The number of nitrogens with zero attached hydrogens (tertiary/aromatic N) is 1. The molecule has 1 fully saturated rings. The molecule has 158 valence electrons. The summed E-state index contributed by atoms with van der Waals surface area (Å²) < 4.78 is 5.00. The van der Waals surface area contributed by atoms with E-state index in [-0.39, 0.29) is 30.5 Å². The van der Waals surface area contributed by atoms with Crippen LogP contribution in [-0.4, -0.2) is 35.4 Å². The lowest BCUT2D eigenvalue weighted by Gasteiger charge is -2.28. The van der Waals surface area contributed by atoms with Gasteiger partial charge in [0.05, 0.1) is 18.0 Å². The summed E-state index contributed by atoms with van der Waals surface area (Å²) in [5.41, 5.74) is 5.93. The number of rotatable bonds is 9. The minimum Gasteiger partial charge on any atom is -0.466 e. The maximum Gasteiger partial charge on any atom is 0.306 e. The minimum atomic E-state index is -1.13. The Morgan fingerprint density at radius 1 is 1.21 bits per heavy atom. The molecule has 0 spiro atoms. The van der Waals surface area contributed by atoms with Gasteiger partial charge in [0.15, 0.2) is 0 Å². The van der Waals surface area contributed by atoms with Crippen LogP contribution in [0.1, 0.15) is 56.9 Å². The third-order valence-electron chi connectivity index (χ3n) is 5.21. The third-order valence-corrected chi connectivity index (χ3v) is 5.21. The van der Waals surface area contributed by atoms with Gasteiger partial charge in [-0.25, -0.2) is 0 Å². The molecule has 0 heterocycles. The van der Waals surface area contributed by atoms with Gasteiger partial charge in [0.1, 0.15) is 6.04 Å². The molecule has 1 aromatic carbocycles. The Kier molecular flexibility index (Phi) is 8.11. The van der Waals surface area contributed by atoms with Crippen molar-refractivity contribution in [3.8, 4) is 0 Å². The first-order valence-corrected chi connectivity index (χ1v) is 9.83. The molecule has 0 unspecified atom stereocenters. The molecular weight excluding hydrogens is 378 g/mol. The van der Waals surface area contributed by atoms with Crippen molar-refractivity contribution in [3.63, 3.8) is 0 Å². The first-order valence-electron chi connectivity index (χ1n) is 9.83. The number of benzene rings is 1. The molecule has 9 heteroatoms. The molecule has 1 aromatic rings. The molecule has 0 bridgehead atoms. The molecule has 0 aromatic heterocycles. The van der Waals surface area contributed by atoms with Gasteiger partial charge in [-0.15, -0.1) is 0 Å². The summed E-state index contributed by atoms with van der Waals surface area (Å²) in [6, 6.07) is 4.37. The van der Waals surface area contributed by atoms with Crippen molar-refractivity contribution < 1.29 is 24.0 Å². The number of hydrogen-bond donors (Lipinski definition) is 2. The van der Waals surface area contributed by atoms with Gasteiger partial charge >= 0.3 is 5.97 Å². The van der Waals surface area contributed by atoms with E-state index in [0.717, 1.165) is 32.1 Å². The molecule has 0 aliphatic heterocycles. The highest BCUT2D eigenvalue weighted by molar-refractivity contribution is 5.89. The summed E-state index contributed by atoms with van der Waals surface area (Å²) in [5.74, 6) is -2.56. The molecule has 9 nitrogen and oxygen atoms in total. The zero-order valence-corrected chi connectivity index (χ0v) is 16.5. The van der Waals surface area contributed by atoms with Crippen molar-refractivity contribution in [3.05, 3.63) is 39.9 Å². The van der Waals surface area contributed by atoms with Crippen LogP contribution in [-0.2, 0) is 19.1 Å². The van der Waals surface area contributed by atoms with E-state index >= 15 is 0 Å². The van der Waals surface area contributed by atoms with E-state index in [1.165, 1.54) is 24.3 Å². The average Bonchev–Trinajstić information content (AvgIpc) is 2.71. The van der Waals surface area contributed by atoms with Crippen LogP contribution in [0.5, 0.6) is 0 Å². The number of nitrogens with two attached hydrogens (primary N) is 1. The minimum absolute atomic E-state index is 0.120. The molecule has 1 aliphatic rings. The fourth-order valence-corrected chi connectivity index (χ4v) is 3.68. The van der Waals surface area contributed by atoms with Crippen molar-refractivity contribution in [2.45, 2.75) is 57.4 Å². The highest BCUT2D eigenvalue weighted by atomic mass is 16.6. The molecule has 1 saturated carbocycles. The lowest BCUT2D eigenvalue weighted by Crippen LogP contribution is -2.50. The highest BCUT2D eigenvalue weighted by Crippen LogP contribution is 2.28. The zero-order valence-electron chi connectivity index (χ0n) is 16.5. The number of esters is 1. The van der Waals surface area contributed by atoms with Crippen LogP contribution >= 0.6 is 0 Å². The lowest BCUT2D eigenvalue weighted by atomic mass is 9.85. The van der Waals surface area contributed by atoms with E-state index < -0.39 is 28.8 Å². The standard InChI is InChI=1S/C20H27N3O6/c1-2-29-17(24)12-16(13-8-10-15(11-9-13)23(27)28)18(19(21)25)22-20(26)14-6-4-3-5-7-14/h8-11,14,16,18H,2-7,12H2,1H3,(H2,21,25)(H,22,26)/t16-,18-/m1/s1. The smallest absolute Gasteiger partial charge is 0.306 e. The lowest BCUT2D eigenvalue weighted by molar-refractivity contribution is -0.384. The first kappa shape index (κ1) is 22.3. The van der Waals surface area contributed by atoms with E-state index in [4.69, 9.17) is 10.5 Å². The van der Waals surface area contributed by atoms with E-state index in [0.29, 0.717) is 5.56 Å². The molecule has 2 atom stereocenters. The van der Waals surface area contributed by atoms with Crippen molar-refractivity contribution in [2.24, 2.45) is 11.7 Å². The molecule has 29 heavy (non-hydrogen) atoms. The topological polar surface area (TPSA) is 142 Å². The second-order valence-corrected chi connectivity index (χ2v) is 7.19. The number of carbonyl (C=O) groups is 3. The molecule has 0 radical (unpaired) electrons. The van der Waals surface area contributed by atoms with Gasteiger partial charge in [0.25, 0.3) is 5.69 Å². The Hall–Kier alpha value is -2.97. The van der Waals surface area contributed by atoms with Crippen molar-refractivity contribution in [2.75, 3.05) is 6.61 Å². The Labute approximate surface area is 169 Å². The van der Waals surface area contributed by atoms with E-state index in [1.54, 1.807) is 6.92 Å². The van der Waals surface area contributed by atoms with Gasteiger partial charge in [-0.2, -0.15) is 0 Å². The van der Waals surface area contributed by atoms with Crippen molar-refractivity contribution >= 4 is 23.5 Å². The summed E-state index contributed by atoms with van der Waals surface area (Å²) in [6.45, 7) is 1.83. The highest BCUT2D eigenvalue weighted by Gasteiger charge is 2.34. The van der Waals surface area contributed by atoms with E-state index in [1.807, 2.05) is 0 Å². The van der Waals surface area contributed by atoms with Crippen LogP contribution in [0.4, 0.5) is 5.69 Å². The van der Waals surface area contributed by atoms with Gasteiger partial charge < -0.3 is 15.8 Å². The fraction of sp³-hybridized carbons (Fsp3) is 0.550. The molecule has 3 N–H and O–H groups in total. The molecule has 2 rings (SSSR count). The molecule has 0 saturated heterocycles. The van der Waals surface area contributed by atoms with E-state index in [2.05, 4.69) is 5.32 Å². The summed E-state index contributed by atoms with van der Waals surface area (Å²) in [6.07, 6.45) is 4.29. The van der Waals surface area contributed by atoms with Crippen LogP contribution < -0.4 is 11.1 Å². The number of non-ortho nitro benzene ring substituents is 1. The van der Waals surface area contributed by atoms with Gasteiger partial charge in [0.2, 0.25) is 11.8 Å². The van der Waals surface area contributed by atoms with Crippen LogP contribution in [0.25, 0.3) is 0 Å².